The maximum absolute atomic E-state index is 12.8. The van der Waals surface area contributed by atoms with Crippen molar-refractivity contribution in [3.8, 4) is 0 Å². The minimum atomic E-state index is -3.48. The lowest BCUT2D eigenvalue weighted by atomic mass is 9.95. The van der Waals surface area contributed by atoms with Crippen molar-refractivity contribution in [2.45, 2.75) is 37.0 Å². The quantitative estimate of drug-likeness (QED) is 0.728. The Morgan fingerprint density at radius 3 is 2.33 bits per heavy atom. The average molecular weight is 470 g/mol. The van der Waals surface area contributed by atoms with E-state index in [1.165, 1.54) is 21.9 Å². The largest absolute Gasteiger partial charge is 0.379 e. The average Bonchev–Trinajstić information content (AvgIpc) is 3.33. The van der Waals surface area contributed by atoms with Crippen LogP contribution in [-0.2, 0) is 32.4 Å². The molecule has 3 aliphatic rings. The summed E-state index contributed by atoms with van der Waals surface area (Å²) in [5, 5.41) is 3.11. The summed E-state index contributed by atoms with van der Waals surface area (Å²) < 4.78 is 32.4. The predicted molar refractivity (Wildman–Crippen MR) is 128 cm³/mol. The lowest BCUT2D eigenvalue weighted by Crippen LogP contribution is -2.40. The Kier molecular flexibility index (Phi) is 6.40. The van der Waals surface area contributed by atoms with Crippen molar-refractivity contribution in [1.82, 2.24) is 4.31 Å². The second-order valence-electron chi connectivity index (χ2n) is 9.10. The molecule has 0 atom stereocenters. The van der Waals surface area contributed by atoms with Gasteiger partial charge >= 0.3 is 0 Å². The Labute approximate surface area is 195 Å². The normalized spacial score (nSPS) is 19.9. The van der Waals surface area contributed by atoms with Crippen molar-refractivity contribution in [2.75, 3.05) is 49.6 Å². The van der Waals surface area contributed by atoms with Gasteiger partial charge < -0.3 is 15.0 Å². The van der Waals surface area contributed by atoms with E-state index in [2.05, 4.69) is 22.3 Å². The maximum Gasteiger partial charge on any atom is 0.243 e. The number of morpholine rings is 1. The topological polar surface area (TPSA) is 79.0 Å². The molecule has 0 saturated carbocycles. The van der Waals surface area contributed by atoms with Gasteiger partial charge in [0, 0.05) is 43.5 Å². The first kappa shape index (κ1) is 22.4. The fraction of sp³-hybridized carbons (Fsp3) is 0.480. The number of hydrogen-bond acceptors (Lipinski definition) is 5. The summed E-state index contributed by atoms with van der Waals surface area (Å²) in [6.45, 7) is 3.21. The van der Waals surface area contributed by atoms with Crippen LogP contribution in [-0.4, -0.2) is 58.0 Å². The highest BCUT2D eigenvalue weighted by atomic mass is 32.2. The zero-order valence-electron chi connectivity index (χ0n) is 18.8. The molecular formula is C25H31N3O4S. The van der Waals surface area contributed by atoms with E-state index >= 15 is 0 Å². The number of fused-ring (bicyclic) bond motifs is 1. The van der Waals surface area contributed by atoms with E-state index in [0.717, 1.165) is 50.1 Å². The van der Waals surface area contributed by atoms with Gasteiger partial charge in [-0.05, 0) is 79.6 Å². The number of hydrogen-bond donors (Lipinski definition) is 1. The van der Waals surface area contributed by atoms with Gasteiger partial charge in [-0.1, -0.05) is 6.07 Å². The number of anilines is 2. The van der Waals surface area contributed by atoms with Crippen LogP contribution in [0.5, 0.6) is 0 Å². The molecule has 2 aliphatic heterocycles. The van der Waals surface area contributed by atoms with Crippen molar-refractivity contribution in [1.29, 1.82) is 0 Å². The number of ether oxygens (including phenoxy) is 1. The number of benzene rings is 2. The van der Waals surface area contributed by atoms with Gasteiger partial charge in [0.05, 0.1) is 18.1 Å². The number of rotatable bonds is 5. The number of amides is 1. The lowest BCUT2D eigenvalue weighted by molar-refractivity contribution is -0.120. The Bertz CT molecular complexity index is 1100. The van der Waals surface area contributed by atoms with Crippen LogP contribution in [0.3, 0.4) is 0 Å². The van der Waals surface area contributed by atoms with Crippen LogP contribution in [0.2, 0.25) is 0 Å². The van der Waals surface area contributed by atoms with Gasteiger partial charge in [0.15, 0.2) is 0 Å². The van der Waals surface area contributed by atoms with Crippen LogP contribution in [0.25, 0.3) is 0 Å². The van der Waals surface area contributed by atoms with Crippen LogP contribution in [0, 0.1) is 5.92 Å². The summed E-state index contributed by atoms with van der Waals surface area (Å²) in [4.78, 5) is 15.3. The number of carbonyl (C=O) groups excluding carboxylic acids is 1. The number of carbonyl (C=O) groups is 1. The zero-order valence-corrected chi connectivity index (χ0v) is 19.6. The van der Waals surface area contributed by atoms with Crippen molar-refractivity contribution in [3.05, 3.63) is 53.6 Å². The molecule has 1 aliphatic carbocycles. The van der Waals surface area contributed by atoms with Crippen molar-refractivity contribution >= 4 is 27.3 Å². The van der Waals surface area contributed by atoms with Crippen LogP contribution in [0.4, 0.5) is 11.4 Å². The molecule has 7 nitrogen and oxygen atoms in total. The number of piperidine rings is 1. The molecule has 176 valence electrons. The molecule has 0 aromatic heterocycles. The van der Waals surface area contributed by atoms with E-state index in [1.807, 2.05) is 18.2 Å². The number of nitrogens with one attached hydrogen (secondary N) is 1. The molecule has 2 fully saturated rings. The SMILES string of the molecule is O=C(Nc1ccc2c(c1)CCC2)C1CCN(c2ccc(S(=O)(=O)N3CCOCC3)cc2)CC1. The molecule has 1 amide bonds. The van der Waals surface area contributed by atoms with E-state index in [4.69, 9.17) is 4.74 Å². The Hall–Kier alpha value is -2.42. The van der Waals surface area contributed by atoms with E-state index < -0.39 is 10.0 Å². The molecule has 8 heteroatoms. The highest BCUT2D eigenvalue weighted by Crippen LogP contribution is 2.28. The zero-order chi connectivity index (χ0) is 22.8. The van der Waals surface area contributed by atoms with Gasteiger partial charge in [-0.3, -0.25) is 4.79 Å². The minimum absolute atomic E-state index is 0.00419. The van der Waals surface area contributed by atoms with E-state index in [1.54, 1.807) is 12.1 Å². The third-order valence-electron chi connectivity index (χ3n) is 7.04. The fourth-order valence-corrected chi connectivity index (χ4v) is 6.47. The molecule has 0 radical (unpaired) electrons. The predicted octanol–water partition coefficient (Wildman–Crippen LogP) is 3.05. The highest BCUT2D eigenvalue weighted by Gasteiger charge is 2.28. The fourth-order valence-electron chi connectivity index (χ4n) is 5.06. The van der Waals surface area contributed by atoms with Crippen LogP contribution in [0.15, 0.2) is 47.4 Å². The van der Waals surface area contributed by atoms with Gasteiger partial charge in [0.2, 0.25) is 15.9 Å². The summed E-state index contributed by atoms with van der Waals surface area (Å²) >= 11 is 0. The third-order valence-corrected chi connectivity index (χ3v) is 8.95. The van der Waals surface area contributed by atoms with Gasteiger partial charge in [-0.15, -0.1) is 0 Å². The monoisotopic (exact) mass is 469 g/mol. The molecule has 2 aromatic carbocycles. The second kappa shape index (κ2) is 9.44. The molecule has 33 heavy (non-hydrogen) atoms. The third kappa shape index (κ3) is 4.78. The van der Waals surface area contributed by atoms with Gasteiger partial charge in [-0.2, -0.15) is 4.31 Å². The first-order chi connectivity index (χ1) is 16.0. The molecule has 2 heterocycles. The standard InChI is InChI=1S/C25H31N3O4S/c29-25(26-22-5-4-19-2-1-3-21(19)18-22)20-10-12-27(13-11-20)23-6-8-24(9-7-23)33(30,31)28-14-16-32-17-15-28/h4-9,18,20H,1-3,10-17H2,(H,26,29). The van der Waals surface area contributed by atoms with Gasteiger partial charge in [0.1, 0.15) is 0 Å². The second-order valence-corrected chi connectivity index (χ2v) is 11.0. The summed E-state index contributed by atoms with van der Waals surface area (Å²) in [5.74, 6) is 0.0926. The molecule has 0 spiro atoms. The molecular weight excluding hydrogens is 438 g/mol. The Morgan fingerprint density at radius 2 is 1.61 bits per heavy atom. The van der Waals surface area contributed by atoms with Crippen molar-refractivity contribution < 1.29 is 17.9 Å². The number of aryl methyl sites for hydroxylation is 2. The molecule has 1 N–H and O–H groups in total. The number of sulfonamides is 1. The lowest BCUT2D eigenvalue weighted by Gasteiger charge is -2.33. The molecule has 0 bridgehead atoms. The first-order valence-corrected chi connectivity index (χ1v) is 13.3. The Morgan fingerprint density at radius 1 is 0.909 bits per heavy atom. The van der Waals surface area contributed by atoms with E-state index in [9.17, 15) is 13.2 Å². The van der Waals surface area contributed by atoms with E-state index in [-0.39, 0.29) is 11.8 Å². The van der Waals surface area contributed by atoms with Crippen LogP contribution >= 0.6 is 0 Å². The number of nitrogens with zero attached hydrogens (tertiary/aromatic N) is 2. The summed E-state index contributed by atoms with van der Waals surface area (Å²) in [6, 6.07) is 13.4. The van der Waals surface area contributed by atoms with E-state index in [0.29, 0.717) is 31.2 Å². The highest BCUT2D eigenvalue weighted by molar-refractivity contribution is 7.89. The summed E-state index contributed by atoms with van der Waals surface area (Å²) in [7, 11) is -3.48. The van der Waals surface area contributed by atoms with Crippen molar-refractivity contribution in [3.63, 3.8) is 0 Å². The van der Waals surface area contributed by atoms with Crippen LogP contribution in [0.1, 0.15) is 30.4 Å². The molecule has 2 aromatic rings. The van der Waals surface area contributed by atoms with Crippen molar-refractivity contribution in [2.24, 2.45) is 5.92 Å². The summed E-state index contributed by atoms with van der Waals surface area (Å²) in [6.07, 6.45) is 5.01. The smallest absolute Gasteiger partial charge is 0.243 e. The first-order valence-electron chi connectivity index (χ1n) is 11.9. The molecule has 2 saturated heterocycles. The van der Waals surface area contributed by atoms with Gasteiger partial charge in [0.25, 0.3) is 0 Å². The molecule has 5 rings (SSSR count). The summed E-state index contributed by atoms with van der Waals surface area (Å²) in [5.41, 5.74) is 4.67. The Balaban J connectivity index is 1.16. The van der Waals surface area contributed by atoms with Gasteiger partial charge in [-0.25, -0.2) is 8.42 Å². The van der Waals surface area contributed by atoms with Crippen LogP contribution < -0.4 is 10.2 Å². The maximum atomic E-state index is 12.8. The molecule has 0 unspecified atom stereocenters. The minimum Gasteiger partial charge on any atom is -0.379 e.